The fourth-order valence-electron chi connectivity index (χ4n) is 0.278. The Balaban J connectivity index is 0. The van der Waals surface area contributed by atoms with E-state index in [1.165, 1.54) is 6.92 Å². The number of nitrogens with two attached hydrogens (primary N) is 1. The van der Waals surface area contributed by atoms with E-state index < -0.39 is 12.0 Å². The summed E-state index contributed by atoms with van der Waals surface area (Å²) in [4.78, 5) is 10.4. The van der Waals surface area contributed by atoms with Crippen molar-refractivity contribution in [3.63, 3.8) is 0 Å². The van der Waals surface area contributed by atoms with Crippen molar-refractivity contribution in [2.24, 2.45) is 5.73 Å². The van der Waals surface area contributed by atoms with Crippen molar-refractivity contribution < 1.29 is 14.6 Å². The molecule has 0 bridgehead atoms. The van der Waals surface area contributed by atoms with Crippen LogP contribution in [0.15, 0.2) is 0 Å². The third-order valence-electron chi connectivity index (χ3n) is 0.707. The first kappa shape index (κ1) is 13.0. The van der Waals surface area contributed by atoms with Gasteiger partial charge in [-0.2, -0.15) is 0 Å². The van der Waals surface area contributed by atoms with E-state index in [1.807, 2.05) is 0 Å². The Hall–Kier alpha value is 0.390. The third-order valence-corrected chi connectivity index (χ3v) is 0.707. The van der Waals surface area contributed by atoms with Crippen molar-refractivity contribution >= 4 is 35.5 Å². The third kappa shape index (κ3) is 6.51. The quantitative estimate of drug-likeness (QED) is 0.375. The van der Waals surface area contributed by atoms with E-state index in [0.29, 0.717) is 0 Å². The Morgan fingerprint density at radius 2 is 2.30 bits per heavy atom. The van der Waals surface area contributed by atoms with Gasteiger partial charge in [-0.3, -0.25) is 4.79 Å². The van der Waals surface area contributed by atoms with Crippen molar-refractivity contribution in [2.45, 2.75) is 13.0 Å². The molecular weight excluding hydrogens is 145 g/mol. The zero-order valence-corrected chi connectivity index (χ0v) is 5.33. The summed E-state index contributed by atoms with van der Waals surface area (Å²) in [5.74, 6) is -0.482. The molecule has 0 spiro atoms. The normalized spacial score (nSPS) is 11.5. The van der Waals surface area contributed by atoms with E-state index in [-0.39, 0.29) is 42.8 Å². The van der Waals surface area contributed by atoms with Crippen LogP contribution in [0.2, 0.25) is 0 Å². The number of carbonyl (C=O) groups is 1. The van der Waals surface area contributed by atoms with Crippen molar-refractivity contribution in [1.82, 2.24) is 0 Å². The van der Waals surface area contributed by atoms with E-state index >= 15 is 0 Å². The molecule has 0 unspecified atom stereocenters. The molecule has 0 amide bonds. The van der Waals surface area contributed by atoms with Gasteiger partial charge in [-0.25, -0.2) is 0 Å². The van der Waals surface area contributed by atoms with Gasteiger partial charge in [0.15, 0.2) is 0 Å². The minimum atomic E-state index is -0.600. The first-order chi connectivity index (χ1) is 4.18. The SMILES string of the molecule is C[C@H](N)C(=O)OCCO.[NaH]. The molecule has 0 aliphatic heterocycles. The average molecular weight is 157 g/mol. The molecule has 0 aliphatic carbocycles. The summed E-state index contributed by atoms with van der Waals surface area (Å²) in [6.45, 7) is 1.40. The van der Waals surface area contributed by atoms with Crippen LogP contribution in [0.4, 0.5) is 0 Å². The summed E-state index contributed by atoms with van der Waals surface area (Å²) in [5.41, 5.74) is 5.12. The molecule has 0 radical (unpaired) electrons. The molecule has 4 nitrogen and oxygen atoms in total. The summed E-state index contributed by atoms with van der Waals surface area (Å²) in [5, 5.41) is 8.18. The first-order valence-corrected chi connectivity index (χ1v) is 2.71. The van der Waals surface area contributed by atoms with E-state index in [1.54, 1.807) is 0 Å². The molecule has 0 aromatic carbocycles. The van der Waals surface area contributed by atoms with Crippen LogP contribution in [0, 0.1) is 0 Å². The zero-order chi connectivity index (χ0) is 7.28. The predicted molar refractivity (Wildman–Crippen MR) is 38.8 cm³/mol. The minimum absolute atomic E-state index is 0. The Bertz CT molecular complexity index is 96.9. The van der Waals surface area contributed by atoms with Crippen LogP contribution < -0.4 is 5.73 Å². The van der Waals surface area contributed by atoms with Crippen LogP contribution in [0.1, 0.15) is 6.92 Å². The van der Waals surface area contributed by atoms with E-state index in [0.717, 1.165) is 0 Å². The number of hydrogen-bond donors (Lipinski definition) is 2. The van der Waals surface area contributed by atoms with Gasteiger partial charge in [0.1, 0.15) is 12.6 Å². The van der Waals surface area contributed by atoms with Crippen molar-refractivity contribution in [3.8, 4) is 0 Å². The summed E-state index contributed by atoms with van der Waals surface area (Å²) < 4.78 is 4.44. The average Bonchev–Trinajstić information content (AvgIpc) is 1.82. The fraction of sp³-hybridized carbons (Fsp3) is 0.800. The van der Waals surface area contributed by atoms with Gasteiger partial charge >= 0.3 is 35.5 Å². The van der Waals surface area contributed by atoms with Crippen LogP contribution in [-0.4, -0.2) is 59.9 Å². The number of aliphatic hydroxyl groups is 1. The maximum atomic E-state index is 10.4. The molecule has 10 heavy (non-hydrogen) atoms. The molecule has 0 aromatic heterocycles. The predicted octanol–water partition coefficient (Wildman–Crippen LogP) is -1.78. The number of esters is 1. The van der Waals surface area contributed by atoms with Crippen LogP contribution in [0.5, 0.6) is 0 Å². The van der Waals surface area contributed by atoms with Gasteiger partial charge in [0.05, 0.1) is 6.61 Å². The fourth-order valence-corrected chi connectivity index (χ4v) is 0.278. The molecule has 0 aliphatic rings. The molecular formula is C5H12NNaO3. The molecule has 0 saturated heterocycles. The number of aliphatic hydroxyl groups excluding tert-OH is 1. The molecule has 0 rings (SSSR count). The van der Waals surface area contributed by atoms with Gasteiger partial charge in [-0.1, -0.05) is 0 Å². The zero-order valence-electron chi connectivity index (χ0n) is 5.33. The van der Waals surface area contributed by atoms with Crippen LogP contribution in [0.3, 0.4) is 0 Å². The maximum absolute atomic E-state index is 10.4. The summed E-state index contributed by atoms with van der Waals surface area (Å²) in [6.07, 6.45) is 0. The molecule has 1 atom stereocenters. The summed E-state index contributed by atoms with van der Waals surface area (Å²) >= 11 is 0. The number of rotatable bonds is 3. The Morgan fingerprint density at radius 1 is 1.80 bits per heavy atom. The van der Waals surface area contributed by atoms with Crippen molar-refractivity contribution in [3.05, 3.63) is 0 Å². The van der Waals surface area contributed by atoms with E-state index in [2.05, 4.69) is 4.74 Å². The molecule has 5 heteroatoms. The standard InChI is InChI=1S/C5H11NO3.Na.H/c1-4(6)5(8)9-3-2-7;;/h4,7H,2-3,6H2,1H3;;/t4-;;/m0../s1. The Morgan fingerprint density at radius 3 is 2.60 bits per heavy atom. The van der Waals surface area contributed by atoms with Crippen LogP contribution >= 0.6 is 0 Å². The van der Waals surface area contributed by atoms with Crippen molar-refractivity contribution in [2.75, 3.05) is 13.2 Å². The van der Waals surface area contributed by atoms with Gasteiger partial charge in [0.2, 0.25) is 0 Å². The molecule has 0 saturated carbocycles. The van der Waals surface area contributed by atoms with E-state index in [4.69, 9.17) is 10.8 Å². The number of ether oxygens (including phenoxy) is 1. The van der Waals surface area contributed by atoms with Gasteiger partial charge in [-0.15, -0.1) is 0 Å². The Labute approximate surface area is 82.0 Å². The van der Waals surface area contributed by atoms with Gasteiger partial charge in [0, 0.05) is 0 Å². The second-order valence-electron chi connectivity index (χ2n) is 1.68. The number of carbonyl (C=O) groups excluding carboxylic acids is 1. The second-order valence-corrected chi connectivity index (χ2v) is 1.68. The summed E-state index contributed by atoms with van der Waals surface area (Å²) in [6, 6.07) is -0.600. The molecule has 0 fully saturated rings. The van der Waals surface area contributed by atoms with Gasteiger partial charge in [-0.05, 0) is 6.92 Å². The van der Waals surface area contributed by atoms with Gasteiger partial charge < -0.3 is 15.6 Å². The molecule has 0 aromatic rings. The summed E-state index contributed by atoms with van der Waals surface area (Å²) in [7, 11) is 0. The topological polar surface area (TPSA) is 72.6 Å². The molecule has 0 heterocycles. The molecule has 3 N–H and O–H groups in total. The van der Waals surface area contributed by atoms with Crippen LogP contribution in [0.25, 0.3) is 0 Å². The second kappa shape index (κ2) is 7.50. The Kier molecular flexibility index (Phi) is 9.76. The van der Waals surface area contributed by atoms with Crippen molar-refractivity contribution in [1.29, 1.82) is 0 Å². The number of hydrogen-bond acceptors (Lipinski definition) is 4. The monoisotopic (exact) mass is 157 g/mol. The molecule has 56 valence electrons. The van der Waals surface area contributed by atoms with Gasteiger partial charge in [0.25, 0.3) is 0 Å². The van der Waals surface area contributed by atoms with Crippen LogP contribution in [-0.2, 0) is 9.53 Å². The first-order valence-electron chi connectivity index (χ1n) is 2.71. The van der Waals surface area contributed by atoms with E-state index in [9.17, 15) is 4.79 Å².